The fourth-order valence-electron chi connectivity index (χ4n) is 3.52. The Labute approximate surface area is 151 Å². The Morgan fingerprint density at radius 2 is 2.20 bits per heavy atom. The topological polar surface area (TPSA) is 33.5 Å². The minimum Gasteiger partial charge on any atom is -0.461 e. The van der Waals surface area contributed by atoms with Gasteiger partial charge in [0.2, 0.25) is 0 Å². The third-order valence-corrected chi connectivity index (χ3v) is 5.18. The van der Waals surface area contributed by atoms with Crippen LogP contribution in [0.3, 0.4) is 0 Å². The summed E-state index contributed by atoms with van der Waals surface area (Å²) in [5.74, 6) is -1.18. The predicted molar refractivity (Wildman–Crippen MR) is 92.3 cm³/mol. The Bertz CT molecular complexity index is 843. The molecule has 7 heteroatoms. The number of fused-ring (bicyclic) bond motifs is 3. The van der Waals surface area contributed by atoms with Crippen LogP contribution in [0.15, 0.2) is 39.7 Å². The van der Waals surface area contributed by atoms with Crippen molar-refractivity contribution >= 4 is 32.8 Å². The van der Waals surface area contributed by atoms with Crippen LogP contribution in [0.2, 0.25) is 0 Å². The van der Waals surface area contributed by atoms with Gasteiger partial charge in [0.25, 0.3) is 0 Å². The fraction of sp³-hybridized carbons (Fsp3) is 0.389. The van der Waals surface area contributed by atoms with Crippen molar-refractivity contribution in [1.29, 1.82) is 0 Å². The zero-order valence-corrected chi connectivity index (χ0v) is 15.2. The molecule has 2 heterocycles. The maximum atomic E-state index is 13.1. The molecule has 1 aliphatic rings. The molecule has 3 rings (SSSR count). The van der Waals surface area contributed by atoms with Crippen LogP contribution in [0, 0.1) is 0 Å². The number of benzene rings is 1. The Balaban J connectivity index is 2.08. The fourth-order valence-corrected chi connectivity index (χ4v) is 3.88. The largest absolute Gasteiger partial charge is 0.471 e. The molecule has 1 aromatic carbocycles. The molecule has 0 fully saturated rings. The summed E-state index contributed by atoms with van der Waals surface area (Å²) in [6.45, 7) is 5.27. The van der Waals surface area contributed by atoms with E-state index in [1.165, 1.54) is 0 Å². The number of amides is 1. The Morgan fingerprint density at radius 3 is 2.84 bits per heavy atom. The van der Waals surface area contributed by atoms with E-state index in [0.717, 1.165) is 20.3 Å². The summed E-state index contributed by atoms with van der Waals surface area (Å²) in [6, 6.07) is 5.58. The van der Waals surface area contributed by atoms with E-state index >= 15 is 0 Å². The minimum atomic E-state index is -4.90. The molecule has 0 N–H and O–H groups in total. The van der Waals surface area contributed by atoms with Gasteiger partial charge in [-0.2, -0.15) is 13.2 Å². The molecule has 25 heavy (non-hydrogen) atoms. The van der Waals surface area contributed by atoms with Gasteiger partial charge >= 0.3 is 12.1 Å². The number of furan rings is 1. The lowest BCUT2D eigenvalue weighted by Crippen LogP contribution is -2.55. The number of halogens is 4. The Hall–Kier alpha value is -1.76. The normalized spacial score (nSPS) is 21.1. The Morgan fingerprint density at radius 1 is 1.48 bits per heavy atom. The molecule has 0 radical (unpaired) electrons. The van der Waals surface area contributed by atoms with E-state index in [9.17, 15) is 18.0 Å². The van der Waals surface area contributed by atoms with Crippen LogP contribution >= 0.6 is 15.9 Å². The van der Waals surface area contributed by atoms with E-state index < -0.39 is 17.6 Å². The molecule has 1 atom stereocenters. The van der Waals surface area contributed by atoms with Gasteiger partial charge in [-0.05, 0) is 38.0 Å². The molecule has 0 spiro atoms. The molecule has 1 aromatic heterocycles. The number of carbonyl (C=O) groups is 1. The maximum Gasteiger partial charge on any atom is 0.471 e. The minimum absolute atomic E-state index is 0.0170. The molecule has 3 nitrogen and oxygen atoms in total. The SMILES string of the molecule is C=CCC1(C)Cc2oc3ccc(Br)cc3c2CCN1C(=O)C(F)(F)F. The van der Waals surface area contributed by atoms with Gasteiger partial charge < -0.3 is 9.32 Å². The standard InChI is InChI=1S/C18H17BrF3NO2/c1-3-7-17(2)10-15-12(6-8-23(17)16(24)18(20,21)22)13-9-11(19)4-5-14(13)25-15/h3-5,9H,1,6-8,10H2,2H3. The lowest BCUT2D eigenvalue weighted by atomic mass is 9.90. The number of carbonyl (C=O) groups excluding carboxylic acids is 1. The van der Waals surface area contributed by atoms with Gasteiger partial charge in [-0.1, -0.05) is 22.0 Å². The van der Waals surface area contributed by atoms with Crippen molar-refractivity contribution in [2.75, 3.05) is 6.54 Å². The van der Waals surface area contributed by atoms with Gasteiger partial charge in [0.05, 0.1) is 5.54 Å². The second-order valence-corrected chi connectivity index (χ2v) is 7.43. The van der Waals surface area contributed by atoms with Gasteiger partial charge in [-0.3, -0.25) is 4.79 Å². The van der Waals surface area contributed by atoms with Gasteiger partial charge in [-0.15, -0.1) is 6.58 Å². The third-order valence-electron chi connectivity index (χ3n) is 4.69. The second-order valence-electron chi connectivity index (χ2n) is 6.52. The van der Waals surface area contributed by atoms with Crippen molar-refractivity contribution in [3.05, 3.63) is 46.7 Å². The van der Waals surface area contributed by atoms with Crippen molar-refractivity contribution in [3.8, 4) is 0 Å². The van der Waals surface area contributed by atoms with Crippen LogP contribution < -0.4 is 0 Å². The van der Waals surface area contributed by atoms with Gasteiger partial charge in [0.1, 0.15) is 11.3 Å². The van der Waals surface area contributed by atoms with E-state index in [-0.39, 0.29) is 19.4 Å². The number of nitrogens with zero attached hydrogens (tertiary/aromatic N) is 1. The lowest BCUT2D eigenvalue weighted by Gasteiger charge is -2.39. The highest BCUT2D eigenvalue weighted by Crippen LogP contribution is 2.38. The highest BCUT2D eigenvalue weighted by molar-refractivity contribution is 9.10. The zero-order chi connectivity index (χ0) is 18.4. The van der Waals surface area contributed by atoms with Crippen molar-refractivity contribution in [1.82, 2.24) is 4.90 Å². The summed E-state index contributed by atoms with van der Waals surface area (Å²) in [4.78, 5) is 12.9. The van der Waals surface area contributed by atoms with E-state index in [1.54, 1.807) is 13.0 Å². The Kier molecular flexibility index (Phi) is 4.47. The maximum absolute atomic E-state index is 13.1. The first kappa shape index (κ1) is 18.0. The third kappa shape index (κ3) is 3.21. The molecule has 1 amide bonds. The van der Waals surface area contributed by atoms with Crippen molar-refractivity contribution in [2.45, 2.75) is 37.9 Å². The molecule has 0 saturated heterocycles. The van der Waals surface area contributed by atoms with E-state index in [1.807, 2.05) is 18.2 Å². The number of rotatable bonds is 2. The molecule has 0 saturated carbocycles. The molecule has 0 aliphatic carbocycles. The van der Waals surface area contributed by atoms with Crippen molar-refractivity contribution in [2.24, 2.45) is 0 Å². The van der Waals surface area contributed by atoms with Gasteiger partial charge in [0, 0.05) is 28.4 Å². The first-order valence-corrected chi connectivity index (χ1v) is 8.64. The highest BCUT2D eigenvalue weighted by atomic mass is 79.9. The van der Waals surface area contributed by atoms with Crippen LogP contribution in [0.25, 0.3) is 11.0 Å². The molecule has 0 bridgehead atoms. The first-order valence-electron chi connectivity index (χ1n) is 7.85. The summed E-state index contributed by atoms with van der Waals surface area (Å²) >= 11 is 3.40. The molecular weight excluding hydrogens is 399 g/mol. The van der Waals surface area contributed by atoms with E-state index in [2.05, 4.69) is 22.5 Å². The second kappa shape index (κ2) is 6.20. The van der Waals surface area contributed by atoms with Gasteiger partial charge in [0.15, 0.2) is 0 Å². The average Bonchev–Trinajstić information content (AvgIpc) is 2.75. The summed E-state index contributed by atoms with van der Waals surface area (Å²) in [7, 11) is 0. The van der Waals surface area contributed by atoms with Crippen LogP contribution in [-0.2, 0) is 17.6 Å². The van der Waals surface area contributed by atoms with Crippen LogP contribution in [0.5, 0.6) is 0 Å². The van der Waals surface area contributed by atoms with Crippen LogP contribution in [0.4, 0.5) is 13.2 Å². The van der Waals surface area contributed by atoms with E-state index in [4.69, 9.17) is 4.42 Å². The number of hydrogen-bond donors (Lipinski definition) is 0. The van der Waals surface area contributed by atoms with E-state index in [0.29, 0.717) is 17.8 Å². The predicted octanol–water partition coefficient (Wildman–Crippen LogP) is 5.02. The number of alkyl halides is 3. The summed E-state index contributed by atoms with van der Waals surface area (Å²) in [5.41, 5.74) is 0.527. The quantitative estimate of drug-likeness (QED) is 0.645. The van der Waals surface area contributed by atoms with Crippen LogP contribution in [0.1, 0.15) is 24.7 Å². The highest BCUT2D eigenvalue weighted by Gasteiger charge is 2.49. The molecule has 1 aliphatic heterocycles. The van der Waals surface area contributed by atoms with Crippen molar-refractivity contribution < 1.29 is 22.4 Å². The summed E-state index contributed by atoms with van der Waals surface area (Å²) in [5, 5.41) is 0.867. The summed E-state index contributed by atoms with van der Waals surface area (Å²) < 4.78 is 46.0. The van der Waals surface area contributed by atoms with Crippen LogP contribution in [-0.4, -0.2) is 29.1 Å². The van der Waals surface area contributed by atoms with Crippen molar-refractivity contribution in [3.63, 3.8) is 0 Å². The number of hydrogen-bond acceptors (Lipinski definition) is 2. The monoisotopic (exact) mass is 415 g/mol. The molecule has 134 valence electrons. The lowest BCUT2D eigenvalue weighted by molar-refractivity contribution is -0.191. The average molecular weight is 416 g/mol. The zero-order valence-electron chi connectivity index (χ0n) is 13.6. The molecule has 2 aromatic rings. The molecule has 1 unspecified atom stereocenters. The van der Waals surface area contributed by atoms with Gasteiger partial charge in [-0.25, -0.2) is 0 Å². The summed E-state index contributed by atoms with van der Waals surface area (Å²) in [6.07, 6.45) is -2.59. The first-order chi connectivity index (χ1) is 11.7. The molecular formula is C18H17BrF3NO2. The smallest absolute Gasteiger partial charge is 0.461 e.